The third kappa shape index (κ3) is 3.80. The standard InChI is InChI=1S/C24H21N5O3/c1-31-24(12-11-18-7-4-6-17-5-2-3-8-19(17)18)13-14-29(16-24)22-10-9-20(26-27-22)23-25-21(15-30)28-32-23/h2-10,30H,13-16H2,1H3. The number of hydrogen-bond donors (Lipinski definition) is 1. The van der Waals surface area contributed by atoms with E-state index in [0.29, 0.717) is 12.2 Å². The van der Waals surface area contributed by atoms with E-state index in [1.807, 2.05) is 30.3 Å². The van der Waals surface area contributed by atoms with E-state index < -0.39 is 5.60 Å². The van der Waals surface area contributed by atoms with Crippen LogP contribution >= 0.6 is 0 Å². The lowest BCUT2D eigenvalue weighted by Crippen LogP contribution is -2.34. The number of nitrogens with zero attached hydrogens (tertiary/aromatic N) is 5. The molecule has 1 unspecified atom stereocenters. The van der Waals surface area contributed by atoms with E-state index in [1.54, 1.807) is 13.2 Å². The number of aromatic nitrogens is 4. The summed E-state index contributed by atoms with van der Waals surface area (Å²) in [5.74, 6) is 7.88. The molecule has 0 radical (unpaired) electrons. The summed E-state index contributed by atoms with van der Waals surface area (Å²) in [6.07, 6.45) is 0.758. The molecule has 5 rings (SSSR count). The number of hydrogen-bond acceptors (Lipinski definition) is 8. The first-order valence-electron chi connectivity index (χ1n) is 10.3. The van der Waals surface area contributed by atoms with Gasteiger partial charge in [-0.15, -0.1) is 10.2 Å². The molecule has 3 heterocycles. The zero-order valence-electron chi connectivity index (χ0n) is 17.5. The maximum Gasteiger partial charge on any atom is 0.278 e. The van der Waals surface area contributed by atoms with Crippen molar-refractivity contribution in [1.29, 1.82) is 0 Å². The molecule has 2 aromatic heterocycles. The maximum absolute atomic E-state index is 9.08. The van der Waals surface area contributed by atoms with Gasteiger partial charge in [-0.3, -0.25) is 0 Å². The zero-order chi connectivity index (χ0) is 22.0. The van der Waals surface area contributed by atoms with Gasteiger partial charge >= 0.3 is 0 Å². The monoisotopic (exact) mass is 427 g/mol. The van der Waals surface area contributed by atoms with Gasteiger partial charge in [-0.05, 0) is 29.0 Å². The summed E-state index contributed by atoms with van der Waals surface area (Å²) in [6.45, 7) is 1.05. The summed E-state index contributed by atoms with van der Waals surface area (Å²) in [7, 11) is 1.70. The fraction of sp³-hybridized carbons (Fsp3) is 0.250. The van der Waals surface area contributed by atoms with Crippen LogP contribution in [0.25, 0.3) is 22.4 Å². The van der Waals surface area contributed by atoms with Crippen molar-refractivity contribution in [2.24, 2.45) is 0 Å². The first kappa shape index (κ1) is 20.1. The predicted molar refractivity (Wildman–Crippen MR) is 119 cm³/mol. The Bertz CT molecular complexity index is 1300. The Labute approximate surface area is 184 Å². The first-order valence-corrected chi connectivity index (χ1v) is 10.3. The Hall–Kier alpha value is -3.80. The van der Waals surface area contributed by atoms with Crippen LogP contribution in [0.3, 0.4) is 0 Å². The second-order valence-corrected chi connectivity index (χ2v) is 7.60. The molecule has 1 fully saturated rings. The van der Waals surface area contributed by atoms with Crippen molar-refractivity contribution in [3.63, 3.8) is 0 Å². The average molecular weight is 427 g/mol. The van der Waals surface area contributed by atoms with E-state index in [-0.39, 0.29) is 18.3 Å². The summed E-state index contributed by atoms with van der Waals surface area (Å²) < 4.78 is 11.0. The van der Waals surface area contributed by atoms with Crippen LogP contribution in [-0.2, 0) is 11.3 Å². The number of benzene rings is 2. The number of methoxy groups -OCH3 is 1. The minimum Gasteiger partial charge on any atom is -0.388 e. The van der Waals surface area contributed by atoms with Gasteiger partial charge in [0.2, 0.25) is 0 Å². The number of anilines is 1. The summed E-state index contributed by atoms with van der Waals surface area (Å²) in [6, 6.07) is 18.0. The molecule has 1 aliphatic rings. The van der Waals surface area contributed by atoms with Crippen LogP contribution < -0.4 is 4.90 Å². The van der Waals surface area contributed by atoms with Crippen molar-refractivity contribution in [1.82, 2.24) is 20.3 Å². The molecular formula is C24H21N5O3. The minimum atomic E-state index is -0.584. The summed E-state index contributed by atoms with van der Waals surface area (Å²) in [4.78, 5) is 6.16. The van der Waals surface area contributed by atoms with Crippen LogP contribution in [0.15, 0.2) is 59.1 Å². The van der Waals surface area contributed by atoms with Gasteiger partial charge < -0.3 is 19.3 Å². The Morgan fingerprint density at radius 2 is 2.00 bits per heavy atom. The second-order valence-electron chi connectivity index (χ2n) is 7.60. The molecule has 1 N–H and O–H groups in total. The summed E-state index contributed by atoms with van der Waals surface area (Å²) in [5.41, 5.74) is 0.859. The molecule has 0 spiro atoms. The van der Waals surface area contributed by atoms with Gasteiger partial charge in [0, 0.05) is 25.6 Å². The highest BCUT2D eigenvalue weighted by Gasteiger charge is 2.37. The lowest BCUT2D eigenvalue weighted by Gasteiger charge is -2.22. The highest BCUT2D eigenvalue weighted by atomic mass is 16.5. The summed E-state index contributed by atoms with van der Waals surface area (Å²) >= 11 is 0. The lowest BCUT2D eigenvalue weighted by atomic mass is 10.0. The minimum absolute atomic E-state index is 0.208. The molecule has 1 saturated heterocycles. The van der Waals surface area contributed by atoms with E-state index in [9.17, 15) is 0 Å². The Morgan fingerprint density at radius 3 is 2.78 bits per heavy atom. The van der Waals surface area contributed by atoms with E-state index in [1.165, 1.54) is 5.39 Å². The molecule has 4 aromatic rings. The van der Waals surface area contributed by atoms with Gasteiger partial charge in [-0.25, -0.2) is 0 Å². The fourth-order valence-electron chi connectivity index (χ4n) is 3.84. The molecule has 1 aliphatic heterocycles. The zero-order valence-corrected chi connectivity index (χ0v) is 17.5. The quantitative estimate of drug-likeness (QED) is 0.497. The predicted octanol–water partition coefficient (Wildman–Crippen LogP) is 2.82. The van der Waals surface area contributed by atoms with E-state index >= 15 is 0 Å². The van der Waals surface area contributed by atoms with Gasteiger partial charge in [0.1, 0.15) is 12.2 Å². The molecule has 2 aromatic carbocycles. The van der Waals surface area contributed by atoms with Crippen LogP contribution in [-0.4, -0.2) is 51.2 Å². The molecule has 8 nitrogen and oxygen atoms in total. The normalized spacial score (nSPS) is 18.0. The van der Waals surface area contributed by atoms with E-state index in [2.05, 4.69) is 55.3 Å². The molecule has 0 amide bonds. The van der Waals surface area contributed by atoms with Gasteiger partial charge in [-0.2, -0.15) is 4.98 Å². The highest BCUT2D eigenvalue weighted by molar-refractivity contribution is 5.88. The molecule has 0 saturated carbocycles. The highest BCUT2D eigenvalue weighted by Crippen LogP contribution is 2.29. The van der Waals surface area contributed by atoms with Gasteiger partial charge in [0.15, 0.2) is 17.3 Å². The van der Waals surface area contributed by atoms with Gasteiger partial charge in [0.25, 0.3) is 5.89 Å². The Morgan fingerprint density at radius 1 is 1.12 bits per heavy atom. The Balaban J connectivity index is 1.36. The van der Waals surface area contributed by atoms with Gasteiger partial charge in [0.05, 0.1) is 6.54 Å². The number of rotatable bonds is 4. The van der Waals surface area contributed by atoms with Crippen molar-refractivity contribution < 1.29 is 14.4 Å². The van der Waals surface area contributed by atoms with Crippen molar-refractivity contribution >= 4 is 16.6 Å². The molecule has 8 heteroatoms. The number of fused-ring (bicyclic) bond motifs is 1. The summed E-state index contributed by atoms with van der Waals surface area (Å²) in [5, 5.41) is 23.5. The third-order valence-electron chi connectivity index (χ3n) is 5.64. The lowest BCUT2D eigenvalue weighted by molar-refractivity contribution is 0.0602. The molecular weight excluding hydrogens is 406 g/mol. The van der Waals surface area contributed by atoms with Gasteiger partial charge in [-0.1, -0.05) is 53.4 Å². The second kappa shape index (κ2) is 8.38. The molecule has 32 heavy (non-hydrogen) atoms. The number of aliphatic hydroxyl groups is 1. The van der Waals surface area contributed by atoms with Crippen molar-refractivity contribution in [3.8, 4) is 23.4 Å². The molecule has 0 bridgehead atoms. The van der Waals surface area contributed by atoms with E-state index in [4.69, 9.17) is 14.4 Å². The van der Waals surface area contributed by atoms with E-state index in [0.717, 1.165) is 29.7 Å². The van der Waals surface area contributed by atoms with Crippen LogP contribution in [0.2, 0.25) is 0 Å². The van der Waals surface area contributed by atoms with Crippen LogP contribution in [0, 0.1) is 11.8 Å². The van der Waals surface area contributed by atoms with Crippen LogP contribution in [0.4, 0.5) is 5.82 Å². The Kier molecular flexibility index (Phi) is 5.27. The fourth-order valence-corrected chi connectivity index (χ4v) is 3.84. The molecule has 160 valence electrons. The van der Waals surface area contributed by atoms with Crippen molar-refractivity contribution in [2.45, 2.75) is 18.6 Å². The third-order valence-corrected chi connectivity index (χ3v) is 5.64. The molecule has 1 atom stereocenters. The number of ether oxygens (including phenoxy) is 1. The molecule has 0 aliphatic carbocycles. The average Bonchev–Trinajstić information content (AvgIpc) is 3.51. The first-order chi connectivity index (χ1) is 15.7. The SMILES string of the molecule is COC1(C#Cc2cccc3ccccc23)CCN(c2ccc(-c3nc(CO)no3)nn2)C1. The number of aliphatic hydroxyl groups excluding tert-OH is 1. The maximum atomic E-state index is 9.08. The smallest absolute Gasteiger partial charge is 0.278 e. The topological polar surface area (TPSA) is 97.4 Å². The van der Waals surface area contributed by atoms with Crippen LogP contribution in [0.5, 0.6) is 0 Å². The largest absolute Gasteiger partial charge is 0.388 e. The van der Waals surface area contributed by atoms with Crippen molar-refractivity contribution in [2.75, 3.05) is 25.1 Å². The van der Waals surface area contributed by atoms with Crippen LogP contribution in [0.1, 0.15) is 17.8 Å². The van der Waals surface area contributed by atoms with Crippen molar-refractivity contribution in [3.05, 3.63) is 66.0 Å².